The summed E-state index contributed by atoms with van der Waals surface area (Å²) in [5, 5.41) is 25.7. The second-order valence-corrected chi connectivity index (χ2v) is 12.1. The number of hydrogen-bond acceptors (Lipinski definition) is 9. The van der Waals surface area contributed by atoms with Crippen molar-refractivity contribution >= 4 is 22.4 Å². The van der Waals surface area contributed by atoms with Crippen molar-refractivity contribution in [3.05, 3.63) is 70.1 Å². The third-order valence-corrected chi connectivity index (χ3v) is 8.74. The number of fused-ring (bicyclic) bond motifs is 1. The number of aliphatic hydroxyl groups is 2. The summed E-state index contributed by atoms with van der Waals surface area (Å²) in [6.45, 7) is 12.8. The largest absolute Gasteiger partial charge is 0.484 e. The minimum Gasteiger partial charge on any atom is -0.484 e. The maximum Gasteiger partial charge on any atom is 0.359 e. The molecule has 3 unspecified atom stereocenters. The van der Waals surface area contributed by atoms with Crippen LogP contribution in [0.2, 0.25) is 0 Å². The SMILES string of the molecule is CCC(C)(Nc1cc2ccc(OC(C)(CC)[C@@H]3OC(C)(C)[C@H](OC)[C@H](O)C3O)c(C)c2oc1=O)C(=O)c1ccccc1. The van der Waals surface area contributed by atoms with Crippen molar-refractivity contribution in [2.45, 2.75) is 102 Å². The Morgan fingerprint density at radius 1 is 1.05 bits per heavy atom. The van der Waals surface area contributed by atoms with Gasteiger partial charge in [-0.05, 0) is 65.7 Å². The number of ketones is 1. The van der Waals surface area contributed by atoms with Crippen molar-refractivity contribution in [2.24, 2.45) is 0 Å². The molecule has 1 aliphatic rings. The van der Waals surface area contributed by atoms with Crippen LogP contribution in [0.4, 0.5) is 5.69 Å². The van der Waals surface area contributed by atoms with Crippen molar-refractivity contribution in [3.8, 4) is 5.75 Å². The lowest BCUT2D eigenvalue weighted by atomic mass is 9.80. The molecule has 1 aliphatic heterocycles. The van der Waals surface area contributed by atoms with Gasteiger partial charge >= 0.3 is 5.63 Å². The third-order valence-electron chi connectivity index (χ3n) is 8.74. The van der Waals surface area contributed by atoms with Crippen LogP contribution in [0.3, 0.4) is 0 Å². The molecule has 0 bridgehead atoms. The molecule has 9 nitrogen and oxygen atoms in total. The number of ether oxygens (including phenoxy) is 3. The second-order valence-electron chi connectivity index (χ2n) is 12.1. The van der Waals surface area contributed by atoms with Crippen LogP contribution in [0.25, 0.3) is 11.0 Å². The smallest absolute Gasteiger partial charge is 0.359 e. The van der Waals surface area contributed by atoms with Crippen molar-refractivity contribution < 1.29 is 33.6 Å². The van der Waals surface area contributed by atoms with Gasteiger partial charge in [0.2, 0.25) is 0 Å². The Labute approximate surface area is 246 Å². The van der Waals surface area contributed by atoms with E-state index in [0.717, 1.165) is 0 Å². The first kappa shape index (κ1) is 31.7. The Morgan fingerprint density at radius 2 is 1.71 bits per heavy atom. The number of rotatable bonds is 10. The highest BCUT2D eigenvalue weighted by Gasteiger charge is 2.55. The summed E-state index contributed by atoms with van der Waals surface area (Å²) in [7, 11) is 1.47. The Kier molecular flexibility index (Phi) is 8.90. The summed E-state index contributed by atoms with van der Waals surface area (Å²) in [6.07, 6.45) is -3.13. The first-order chi connectivity index (χ1) is 19.7. The highest BCUT2D eigenvalue weighted by molar-refractivity contribution is 6.04. The molecule has 0 amide bonds. The number of nitrogens with one attached hydrogen (secondary N) is 1. The van der Waals surface area contributed by atoms with Crippen LogP contribution in [0, 0.1) is 6.92 Å². The van der Waals surface area contributed by atoms with Crippen LogP contribution >= 0.6 is 0 Å². The van der Waals surface area contributed by atoms with Gasteiger partial charge < -0.3 is 34.2 Å². The van der Waals surface area contributed by atoms with E-state index in [9.17, 15) is 19.8 Å². The molecule has 3 aromatic rings. The molecule has 1 fully saturated rings. The van der Waals surface area contributed by atoms with E-state index in [2.05, 4.69) is 5.32 Å². The molecule has 2 heterocycles. The lowest BCUT2D eigenvalue weighted by Gasteiger charge is -2.52. The molecular formula is C33H43NO8. The Bertz CT molecular complexity index is 1480. The number of carbonyl (C=O) groups excluding carboxylic acids is 1. The zero-order chi connectivity index (χ0) is 31.0. The minimum absolute atomic E-state index is 0.124. The lowest BCUT2D eigenvalue weighted by Crippen LogP contribution is -2.68. The third kappa shape index (κ3) is 5.71. The Morgan fingerprint density at radius 3 is 2.31 bits per heavy atom. The number of methoxy groups -OCH3 is 1. The van der Waals surface area contributed by atoms with Gasteiger partial charge in [0.25, 0.3) is 0 Å². The molecule has 1 saturated heterocycles. The second kappa shape index (κ2) is 11.8. The molecule has 0 radical (unpaired) electrons. The van der Waals surface area contributed by atoms with Gasteiger partial charge in [-0.15, -0.1) is 0 Å². The van der Waals surface area contributed by atoms with E-state index in [0.29, 0.717) is 40.7 Å². The van der Waals surface area contributed by atoms with Gasteiger partial charge in [-0.25, -0.2) is 4.79 Å². The number of Topliss-reactive ketones (excluding diaryl/α,β-unsaturated/α-hetero) is 1. The predicted molar refractivity (Wildman–Crippen MR) is 161 cm³/mol. The lowest BCUT2D eigenvalue weighted by molar-refractivity contribution is -0.291. The summed E-state index contributed by atoms with van der Waals surface area (Å²) in [5.41, 5.74) is -1.89. The fraction of sp³-hybridized carbons (Fsp3) is 0.515. The van der Waals surface area contributed by atoms with Crippen LogP contribution in [-0.2, 0) is 9.47 Å². The van der Waals surface area contributed by atoms with E-state index in [1.54, 1.807) is 70.2 Å². The summed E-state index contributed by atoms with van der Waals surface area (Å²) in [6, 6.07) is 14.2. The first-order valence-corrected chi connectivity index (χ1v) is 14.4. The number of aliphatic hydroxyl groups excluding tert-OH is 2. The molecule has 228 valence electrons. The maximum atomic E-state index is 13.3. The van der Waals surface area contributed by atoms with E-state index in [1.807, 2.05) is 26.8 Å². The quantitative estimate of drug-likeness (QED) is 0.223. The van der Waals surface area contributed by atoms with E-state index >= 15 is 0 Å². The van der Waals surface area contributed by atoms with Crippen LogP contribution in [0.1, 0.15) is 70.3 Å². The average molecular weight is 582 g/mol. The van der Waals surface area contributed by atoms with Crippen molar-refractivity contribution in [2.75, 3.05) is 12.4 Å². The van der Waals surface area contributed by atoms with E-state index in [4.69, 9.17) is 18.6 Å². The molecule has 9 heteroatoms. The summed E-state index contributed by atoms with van der Waals surface area (Å²) < 4.78 is 24.0. The number of anilines is 1. The molecule has 1 aromatic heterocycles. The minimum atomic E-state index is -1.26. The van der Waals surface area contributed by atoms with Crippen LogP contribution in [-0.4, -0.2) is 64.3 Å². The van der Waals surface area contributed by atoms with Crippen LogP contribution < -0.4 is 15.7 Å². The van der Waals surface area contributed by atoms with Gasteiger partial charge in [0.15, 0.2) is 5.78 Å². The van der Waals surface area contributed by atoms with Crippen LogP contribution in [0.15, 0.2) is 57.7 Å². The predicted octanol–water partition coefficient (Wildman–Crippen LogP) is 5.03. The molecule has 0 saturated carbocycles. The highest BCUT2D eigenvalue weighted by atomic mass is 16.6. The number of carbonyl (C=O) groups is 1. The molecule has 2 aromatic carbocycles. The van der Waals surface area contributed by atoms with Crippen LogP contribution in [0.5, 0.6) is 5.75 Å². The van der Waals surface area contributed by atoms with E-state index < -0.39 is 46.8 Å². The van der Waals surface area contributed by atoms with Gasteiger partial charge in [-0.2, -0.15) is 0 Å². The van der Waals surface area contributed by atoms with Crippen molar-refractivity contribution in [1.82, 2.24) is 0 Å². The number of hydrogen-bond donors (Lipinski definition) is 3. The molecule has 6 atom stereocenters. The molecule has 0 spiro atoms. The normalized spacial score (nSPS) is 24.9. The summed E-state index contributed by atoms with van der Waals surface area (Å²) >= 11 is 0. The van der Waals surface area contributed by atoms with Gasteiger partial charge in [-0.3, -0.25) is 4.79 Å². The summed E-state index contributed by atoms with van der Waals surface area (Å²) in [4.78, 5) is 26.5. The fourth-order valence-electron chi connectivity index (χ4n) is 5.74. The average Bonchev–Trinajstić information content (AvgIpc) is 2.97. The zero-order valence-electron chi connectivity index (χ0n) is 25.7. The van der Waals surface area contributed by atoms with Gasteiger partial charge in [0.05, 0.1) is 11.1 Å². The zero-order valence-corrected chi connectivity index (χ0v) is 25.7. The Balaban J connectivity index is 1.65. The molecule has 0 aliphatic carbocycles. The molecule has 42 heavy (non-hydrogen) atoms. The monoisotopic (exact) mass is 581 g/mol. The molecular weight excluding hydrogens is 538 g/mol. The maximum absolute atomic E-state index is 13.3. The van der Waals surface area contributed by atoms with Crippen molar-refractivity contribution in [3.63, 3.8) is 0 Å². The fourth-order valence-corrected chi connectivity index (χ4v) is 5.74. The van der Waals surface area contributed by atoms with Gasteiger partial charge in [-0.1, -0.05) is 44.2 Å². The highest BCUT2D eigenvalue weighted by Crippen LogP contribution is 2.40. The molecule has 4 rings (SSSR count). The standard InChI is InChI=1S/C33H43NO8/c1-9-32(6,27(37)20-14-12-11-13-15-20)34-22-18-21-16-17-23(19(3)26(21)40-30(22)38)41-33(7,10-2)29-25(36)24(35)28(39-8)31(4,5)42-29/h11-18,24-25,28-29,34-36H,9-10H2,1-8H3/t24-,25?,28-,29-,32?,33?/m1/s1. The van der Waals surface area contributed by atoms with Gasteiger partial charge in [0, 0.05) is 23.6 Å². The number of aryl methyl sites for hydroxylation is 1. The molecule has 3 N–H and O–H groups in total. The van der Waals surface area contributed by atoms with E-state index in [1.165, 1.54) is 7.11 Å². The summed E-state index contributed by atoms with van der Waals surface area (Å²) in [5.74, 6) is 0.325. The number of benzene rings is 2. The van der Waals surface area contributed by atoms with Gasteiger partial charge in [0.1, 0.15) is 47.0 Å². The van der Waals surface area contributed by atoms with Crippen molar-refractivity contribution in [1.29, 1.82) is 0 Å². The van der Waals surface area contributed by atoms with E-state index in [-0.39, 0.29) is 11.5 Å². The topological polar surface area (TPSA) is 127 Å². The first-order valence-electron chi connectivity index (χ1n) is 14.4. The Hall–Kier alpha value is -3.24.